The maximum atomic E-state index is 10.5. The summed E-state index contributed by atoms with van der Waals surface area (Å²) in [7, 11) is 0. The van der Waals surface area contributed by atoms with Gasteiger partial charge in [-0.25, -0.2) is 14.6 Å². The lowest BCUT2D eigenvalue weighted by atomic mass is 10.2. The van der Waals surface area contributed by atoms with E-state index in [9.17, 15) is 10.1 Å². The molecule has 0 atom stereocenters. The number of pyridine rings is 1. The molecule has 2 rings (SSSR count). The molecule has 0 fully saturated rings. The minimum Gasteiger partial charge on any atom is -0.258 e. The predicted molar refractivity (Wildman–Crippen MR) is 50.5 cm³/mol. The van der Waals surface area contributed by atoms with E-state index in [-0.39, 0.29) is 17.1 Å². The summed E-state index contributed by atoms with van der Waals surface area (Å²) in [6, 6.07) is 2.97. The number of rotatable bonds is 2. The number of nitrogens with zero attached hydrogens (tertiary/aromatic N) is 6. The van der Waals surface area contributed by atoms with E-state index in [1.165, 1.54) is 17.3 Å². The molecule has 0 aromatic carbocycles. The quantitative estimate of drug-likeness (QED) is 0.532. The predicted octanol–water partition coefficient (Wildman–Crippen LogP) is 0.442. The van der Waals surface area contributed by atoms with Crippen molar-refractivity contribution in [3.8, 4) is 11.9 Å². The van der Waals surface area contributed by atoms with Gasteiger partial charge in [0.1, 0.15) is 30.5 Å². The van der Waals surface area contributed by atoms with Crippen LogP contribution >= 0.6 is 0 Å². The fraction of sp³-hybridized carbons (Fsp3) is 0. The third-order valence-corrected chi connectivity index (χ3v) is 1.82. The Kier molecular flexibility index (Phi) is 2.27. The highest BCUT2D eigenvalue weighted by Gasteiger charge is 2.13. The zero-order valence-electron chi connectivity index (χ0n) is 7.81. The van der Waals surface area contributed by atoms with Gasteiger partial charge in [-0.2, -0.15) is 10.4 Å². The van der Waals surface area contributed by atoms with Gasteiger partial charge >= 0.3 is 0 Å². The van der Waals surface area contributed by atoms with Gasteiger partial charge in [0, 0.05) is 6.07 Å². The van der Waals surface area contributed by atoms with Gasteiger partial charge in [-0.15, -0.1) is 0 Å². The molecule has 0 aliphatic rings. The fourth-order valence-electron chi connectivity index (χ4n) is 1.13. The topological polar surface area (TPSA) is 111 Å². The molecule has 0 bridgehead atoms. The molecule has 0 aliphatic heterocycles. The van der Waals surface area contributed by atoms with Crippen molar-refractivity contribution in [1.82, 2.24) is 19.7 Å². The van der Waals surface area contributed by atoms with E-state index < -0.39 is 4.92 Å². The minimum absolute atomic E-state index is 0.0692. The molecule has 8 nitrogen and oxygen atoms in total. The van der Waals surface area contributed by atoms with Crippen LogP contribution in [0.15, 0.2) is 24.9 Å². The van der Waals surface area contributed by atoms with E-state index in [0.29, 0.717) is 0 Å². The number of nitro groups is 1. The molecule has 0 unspecified atom stereocenters. The van der Waals surface area contributed by atoms with Gasteiger partial charge in [0.15, 0.2) is 5.82 Å². The van der Waals surface area contributed by atoms with Crippen LogP contribution in [0.5, 0.6) is 0 Å². The fourth-order valence-corrected chi connectivity index (χ4v) is 1.13. The third kappa shape index (κ3) is 1.57. The Hall–Kier alpha value is -2.82. The zero-order valence-corrected chi connectivity index (χ0v) is 7.81. The lowest BCUT2D eigenvalue weighted by Gasteiger charge is -2.00. The van der Waals surface area contributed by atoms with E-state index in [4.69, 9.17) is 5.26 Å². The Morgan fingerprint density at radius 1 is 1.56 bits per heavy atom. The van der Waals surface area contributed by atoms with Gasteiger partial charge < -0.3 is 0 Å². The Bertz CT molecular complexity index is 571. The van der Waals surface area contributed by atoms with Gasteiger partial charge in [-0.1, -0.05) is 0 Å². The maximum Gasteiger partial charge on any atom is 0.289 e. The maximum absolute atomic E-state index is 10.5. The lowest BCUT2D eigenvalue weighted by molar-refractivity contribution is -0.385. The number of hydrogen-bond acceptors (Lipinski definition) is 6. The molecular formula is C8H4N6O2. The summed E-state index contributed by atoms with van der Waals surface area (Å²) in [6.45, 7) is 0. The largest absolute Gasteiger partial charge is 0.289 e. The summed E-state index contributed by atoms with van der Waals surface area (Å²) >= 11 is 0. The molecule has 16 heavy (non-hydrogen) atoms. The Labute approximate surface area is 88.9 Å². The Balaban J connectivity index is 2.57. The van der Waals surface area contributed by atoms with E-state index in [0.717, 1.165) is 12.3 Å². The summed E-state index contributed by atoms with van der Waals surface area (Å²) in [6.07, 6.45) is 3.71. The average Bonchev–Trinajstić information content (AvgIpc) is 2.81. The number of aromatic nitrogens is 4. The Morgan fingerprint density at radius 3 is 2.94 bits per heavy atom. The summed E-state index contributed by atoms with van der Waals surface area (Å²) in [4.78, 5) is 17.4. The normalized spacial score (nSPS) is 9.69. The van der Waals surface area contributed by atoms with Crippen LogP contribution in [-0.4, -0.2) is 24.7 Å². The van der Waals surface area contributed by atoms with Crippen molar-refractivity contribution >= 4 is 5.69 Å². The lowest BCUT2D eigenvalue weighted by Crippen LogP contribution is -2.02. The second-order valence-corrected chi connectivity index (χ2v) is 2.77. The van der Waals surface area contributed by atoms with Crippen LogP contribution in [0.4, 0.5) is 5.69 Å². The highest BCUT2D eigenvalue weighted by atomic mass is 16.6. The molecule has 2 aromatic heterocycles. The molecule has 0 aliphatic carbocycles. The average molecular weight is 216 g/mol. The van der Waals surface area contributed by atoms with Gasteiger partial charge in [0.2, 0.25) is 0 Å². The number of nitriles is 1. The van der Waals surface area contributed by atoms with Crippen molar-refractivity contribution in [2.75, 3.05) is 0 Å². The van der Waals surface area contributed by atoms with Crippen molar-refractivity contribution in [3.05, 3.63) is 40.6 Å². The van der Waals surface area contributed by atoms with Crippen LogP contribution in [0.3, 0.4) is 0 Å². The molecule has 0 saturated carbocycles. The monoisotopic (exact) mass is 216 g/mol. The van der Waals surface area contributed by atoms with Crippen LogP contribution in [-0.2, 0) is 0 Å². The number of hydrogen-bond donors (Lipinski definition) is 0. The van der Waals surface area contributed by atoms with Crippen LogP contribution in [0.2, 0.25) is 0 Å². The first-order chi connectivity index (χ1) is 7.72. The van der Waals surface area contributed by atoms with Crippen molar-refractivity contribution < 1.29 is 4.92 Å². The molecule has 2 heterocycles. The first-order valence-electron chi connectivity index (χ1n) is 4.12. The highest BCUT2D eigenvalue weighted by molar-refractivity contribution is 5.48. The van der Waals surface area contributed by atoms with Gasteiger partial charge in [0.25, 0.3) is 5.69 Å². The van der Waals surface area contributed by atoms with E-state index >= 15 is 0 Å². The third-order valence-electron chi connectivity index (χ3n) is 1.82. The van der Waals surface area contributed by atoms with Crippen LogP contribution in [0, 0.1) is 21.4 Å². The second-order valence-electron chi connectivity index (χ2n) is 2.77. The zero-order chi connectivity index (χ0) is 11.5. The van der Waals surface area contributed by atoms with Gasteiger partial charge in [0.05, 0.1) is 4.92 Å². The molecule has 0 N–H and O–H groups in total. The van der Waals surface area contributed by atoms with Crippen molar-refractivity contribution in [2.45, 2.75) is 0 Å². The van der Waals surface area contributed by atoms with Crippen LogP contribution < -0.4 is 0 Å². The van der Waals surface area contributed by atoms with E-state index in [1.807, 2.05) is 6.07 Å². The van der Waals surface area contributed by atoms with Gasteiger partial charge in [-0.05, 0) is 0 Å². The molecule has 0 saturated heterocycles. The van der Waals surface area contributed by atoms with Crippen molar-refractivity contribution in [1.29, 1.82) is 5.26 Å². The van der Waals surface area contributed by atoms with E-state index in [1.54, 1.807) is 0 Å². The van der Waals surface area contributed by atoms with Crippen molar-refractivity contribution in [2.24, 2.45) is 0 Å². The smallest absolute Gasteiger partial charge is 0.258 e. The van der Waals surface area contributed by atoms with Gasteiger partial charge in [-0.3, -0.25) is 10.1 Å². The minimum atomic E-state index is -0.612. The van der Waals surface area contributed by atoms with Crippen LogP contribution in [0.1, 0.15) is 5.56 Å². The Morgan fingerprint density at radius 2 is 2.38 bits per heavy atom. The summed E-state index contributed by atoms with van der Waals surface area (Å²) in [5.41, 5.74) is -0.167. The molecule has 0 amide bonds. The highest BCUT2D eigenvalue weighted by Crippen LogP contribution is 2.16. The first kappa shape index (κ1) is 9.72. The van der Waals surface area contributed by atoms with Crippen LogP contribution in [0.25, 0.3) is 5.82 Å². The summed E-state index contributed by atoms with van der Waals surface area (Å²) < 4.78 is 1.27. The standard InChI is InChI=1S/C8H4N6O2/c9-2-6-1-7(14(15)16)3-11-8(6)13-5-10-4-12-13/h1,3-5H. The molecule has 0 spiro atoms. The summed E-state index contributed by atoms with van der Waals surface area (Å²) in [5, 5.41) is 23.1. The first-order valence-corrected chi connectivity index (χ1v) is 4.12. The molecular weight excluding hydrogens is 212 g/mol. The SMILES string of the molecule is N#Cc1cc([N+](=O)[O-])cnc1-n1cncn1. The molecule has 8 heteroatoms. The molecule has 2 aromatic rings. The molecule has 78 valence electrons. The van der Waals surface area contributed by atoms with E-state index in [2.05, 4.69) is 15.1 Å². The van der Waals surface area contributed by atoms with Crippen molar-refractivity contribution in [3.63, 3.8) is 0 Å². The molecule has 0 radical (unpaired) electrons. The second kappa shape index (κ2) is 3.74. The summed E-state index contributed by atoms with van der Waals surface area (Å²) in [5.74, 6) is 0.214.